The second kappa shape index (κ2) is 6.94. The van der Waals surface area contributed by atoms with Gasteiger partial charge in [0.25, 0.3) is 5.91 Å². The molecule has 1 spiro atoms. The summed E-state index contributed by atoms with van der Waals surface area (Å²) >= 11 is 3.41. The summed E-state index contributed by atoms with van der Waals surface area (Å²) in [4.78, 5) is 39.1. The van der Waals surface area contributed by atoms with E-state index in [4.69, 9.17) is 4.74 Å². The number of para-hydroxylation sites is 1. The van der Waals surface area contributed by atoms with E-state index >= 15 is 0 Å². The highest BCUT2D eigenvalue weighted by molar-refractivity contribution is 9.10. The summed E-state index contributed by atoms with van der Waals surface area (Å²) in [7, 11) is 0. The standard InChI is InChI=1S/C20H18BrN3O4/c1-12-10-13(6-7-15(12)21)22-17(25)11-24-18(26)20(23-19(24)27)8-9-28-16-5-3-2-4-14(16)20/h2-7,10H,8-9,11H2,1H3,(H,22,25)(H,23,27)/t20-/m1/s1. The number of aryl methyl sites for hydroxylation is 1. The van der Waals surface area contributed by atoms with Crippen molar-refractivity contribution in [1.29, 1.82) is 0 Å². The van der Waals surface area contributed by atoms with Gasteiger partial charge in [-0.1, -0.05) is 34.1 Å². The van der Waals surface area contributed by atoms with Crippen molar-refractivity contribution >= 4 is 39.5 Å². The molecule has 2 heterocycles. The second-order valence-corrected chi connectivity index (χ2v) is 7.69. The molecule has 0 radical (unpaired) electrons. The van der Waals surface area contributed by atoms with Crippen molar-refractivity contribution in [3.63, 3.8) is 0 Å². The van der Waals surface area contributed by atoms with Crippen molar-refractivity contribution < 1.29 is 19.1 Å². The number of imide groups is 1. The van der Waals surface area contributed by atoms with Gasteiger partial charge in [0.15, 0.2) is 5.54 Å². The molecule has 1 fully saturated rings. The van der Waals surface area contributed by atoms with E-state index in [1.807, 2.05) is 25.1 Å². The van der Waals surface area contributed by atoms with E-state index in [0.29, 0.717) is 30.0 Å². The highest BCUT2D eigenvalue weighted by Gasteiger charge is 2.55. The number of halogens is 1. The van der Waals surface area contributed by atoms with E-state index < -0.39 is 23.4 Å². The molecular formula is C20H18BrN3O4. The lowest BCUT2D eigenvalue weighted by Crippen LogP contribution is -2.48. The summed E-state index contributed by atoms with van der Waals surface area (Å²) in [6, 6.07) is 11.9. The molecular weight excluding hydrogens is 426 g/mol. The summed E-state index contributed by atoms with van der Waals surface area (Å²) in [5.41, 5.74) is 1.00. The van der Waals surface area contributed by atoms with E-state index in [0.717, 1.165) is 14.9 Å². The van der Waals surface area contributed by atoms with Crippen molar-refractivity contribution in [2.45, 2.75) is 18.9 Å². The molecule has 0 saturated carbocycles. The Balaban J connectivity index is 1.54. The van der Waals surface area contributed by atoms with Gasteiger partial charge in [-0.25, -0.2) is 4.79 Å². The van der Waals surface area contributed by atoms with Crippen molar-refractivity contribution in [2.75, 3.05) is 18.5 Å². The maximum Gasteiger partial charge on any atom is 0.325 e. The number of hydrogen-bond acceptors (Lipinski definition) is 4. The van der Waals surface area contributed by atoms with Crippen LogP contribution in [0.1, 0.15) is 17.5 Å². The number of nitrogens with zero attached hydrogens (tertiary/aromatic N) is 1. The minimum Gasteiger partial charge on any atom is -0.493 e. The Morgan fingerprint density at radius 1 is 1.29 bits per heavy atom. The third-order valence-electron chi connectivity index (χ3n) is 5.00. The zero-order valence-electron chi connectivity index (χ0n) is 15.1. The summed E-state index contributed by atoms with van der Waals surface area (Å²) in [6.07, 6.45) is 0.318. The zero-order valence-corrected chi connectivity index (χ0v) is 16.7. The number of ether oxygens (including phenoxy) is 1. The fourth-order valence-corrected chi connectivity index (χ4v) is 3.83. The molecule has 1 saturated heterocycles. The first kappa shape index (κ1) is 18.5. The van der Waals surface area contributed by atoms with Crippen LogP contribution in [0.15, 0.2) is 46.9 Å². The van der Waals surface area contributed by atoms with Crippen molar-refractivity contribution in [1.82, 2.24) is 10.2 Å². The van der Waals surface area contributed by atoms with Gasteiger partial charge in [0.1, 0.15) is 12.3 Å². The van der Waals surface area contributed by atoms with Gasteiger partial charge in [-0.3, -0.25) is 14.5 Å². The summed E-state index contributed by atoms with van der Waals surface area (Å²) < 4.78 is 6.54. The van der Waals surface area contributed by atoms with Crippen LogP contribution in [0.25, 0.3) is 0 Å². The van der Waals surface area contributed by atoms with Gasteiger partial charge in [-0.05, 0) is 36.8 Å². The smallest absolute Gasteiger partial charge is 0.325 e. The van der Waals surface area contributed by atoms with E-state index in [-0.39, 0.29) is 6.54 Å². The van der Waals surface area contributed by atoms with Gasteiger partial charge >= 0.3 is 6.03 Å². The zero-order chi connectivity index (χ0) is 19.9. The minimum atomic E-state index is -1.18. The quantitative estimate of drug-likeness (QED) is 0.713. The predicted octanol–water partition coefficient (Wildman–Crippen LogP) is 2.93. The number of anilines is 1. The number of carbonyl (C=O) groups is 3. The molecule has 2 aromatic rings. The molecule has 2 aliphatic heterocycles. The molecule has 1 atom stereocenters. The normalized spacial score (nSPS) is 20.6. The molecule has 0 unspecified atom stereocenters. The molecule has 4 rings (SSSR count). The Morgan fingerprint density at radius 2 is 2.07 bits per heavy atom. The molecule has 8 heteroatoms. The van der Waals surface area contributed by atoms with Crippen LogP contribution < -0.4 is 15.4 Å². The Labute approximate surface area is 170 Å². The maximum atomic E-state index is 13.1. The highest BCUT2D eigenvalue weighted by Crippen LogP contribution is 2.40. The van der Waals surface area contributed by atoms with E-state index in [9.17, 15) is 14.4 Å². The Hall–Kier alpha value is -2.87. The van der Waals surface area contributed by atoms with E-state index in [1.165, 1.54) is 0 Å². The Kier molecular flexibility index (Phi) is 4.58. The van der Waals surface area contributed by atoms with Crippen LogP contribution in [0, 0.1) is 6.92 Å². The lowest BCUT2D eigenvalue weighted by Gasteiger charge is -2.33. The third-order valence-corrected chi connectivity index (χ3v) is 5.89. The minimum absolute atomic E-state index is 0.307. The first-order valence-corrected chi connectivity index (χ1v) is 9.62. The monoisotopic (exact) mass is 443 g/mol. The summed E-state index contributed by atoms with van der Waals surface area (Å²) in [6.45, 7) is 1.86. The van der Waals surface area contributed by atoms with Crippen LogP contribution in [0.5, 0.6) is 5.75 Å². The second-order valence-electron chi connectivity index (χ2n) is 6.83. The molecule has 0 aromatic heterocycles. The molecule has 7 nitrogen and oxygen atoms in total. The fourth-order valence-electron chi connectivity index (χ4n) is 3.58. The average Bonchev–Trinajstić information content (AvgIpc) is 2.90. The molecule has 2 aliphatic rings. The first-order chi connectivity index (χ1) is 13.4. The lowest BCUT2D eigenvalue weighted by molar-refractivity contribution is -0.135. The van der Waals surface area contributed by atoms with E-state index in [2.05, 4.69) is 26.6 Å². The predicted molar refractivity (Wildman–Crippen MR) is 106 cm³/mol. The molecule has 0 bridgehead atoms. The molecule has 0 aliphatic carbocycles. The van der Waals surface area contributed by atoms with Crippen LogP contribution in [0.2, 0.25) is 0 Å². The Morgan fingerprint density at radius 3 is 2.86 bits per heavy atom. The number of benzene rings is 2. The van der Waals surface area contributed by atoms with Gasteiger partial charge in [0, 0.05) is 22.1 Å². The van der Waals surface area contributed by atoms with Crippen LogP contribution in [0.4, 0.5) is 10.5 Å². The van der Waals surface area contributed by atoms with Crippen molar-refractivity contribution in [3.8, 4) is 5.75 Å². The molecule has 2 aromatic carbocycles. The molecule has 4 amide bonds. The third kappa shape index (κ3) is 3.03. The van der Waals surface area contributed by atoms with E-state index in [1.54, 1.807) is 24.3 Å². The lowest BCUT2D eigenvalue weighted by atomic mass is 9.84. The highest BCUT2D eigenvalue weighted by atomic mass is 79.9. The number of carbonyl (C=O) groups excluding carboxylic acids is 3. The number of amides is 4. The molecule has 144 valence electrons. The topological polar surface area (TPSA) is 87.7 Å². The molecule has 28 heavy (non-hydrogen) atoms. The number of urea groups is 1. The van der Waals surface area contributed by atoms with Gasteiger partial charge in [0.05, 0.1) is 6.61 Å². The number of hydrogen-bond donors (Lipinski definition) is 2. The van der Waals surface area contributed by atoms with Gasteiger partial charge in [-0.2, -0.15) is 0 Å². The number of rotatable bonds is 3. The van der Waals surface area contributed by atoms with Gasteiger partial charge in [-0.15, -0.1) is 0 Å². The Bertz CT molecular complexity index is 993. The molecule has 2 N–H and O–H groups in total. The van der Waals surface area contributed by atoms with Gasteiger partial charge in [0.2, 0.25) is 5.91 Å². The van der Waals surface area contributed by atoms with Crippen LogP contribution in [-0.4, -0.2) is 35.9 Å². The van der Waals surface area contributed by atoms with Crippen molar-refractivity contribution in [2.24, 2.45) is 0 Å². The van der Waals surface area contributed by atoms with Crippen LogP contribution in [-0.2, 0) is 15.1 Å². The largest absolute Gasteiger partial charge is 0.493 e. The SMILES string of the molecule is Cc1cc(NC(=O)CN2C(=O)N[C@@]3(CCOc4ccccc43)C2=O)ccc1Br. The van der Waals surface area contributed by atoms with Crippen molar-refractivity contribution in [3.05, 3.63) is 58.1 Å². The summed E-state index contributed by atoms with van der Waals surface area (Å²) in [5, 5.41) is 5.51. The first-order valence-electron chi connectivity index (χ1n) is 8.83. The van der Waals surface area contributed by atoms with Crippen LogP contribution >= 0.6 is 15.9 Å². The van der Waals surface area contributed by atoms with Gasteiger partial charge < -0.3 is 15.4 Å². The number of fused-ring (bicyclic) bond motifs is 2. The maximum absolute atomic E-state index is 13.1. The number of nitrogens with one attached hydrogen (secondary N) is 2. The summed E-state index contributed by atoms with van der Waals surface area (Å²) in [5.74, 6) is -0.308. The van der Waals surface area contributed by atoms with Crippen LogP contribution in [0.3, 0.4) is 0 Å². The average molecular weight is 444 g/mol. The fraction of sp³-hybridized carbons (Fsp3) is 0.250.